The quantitative estimate of drug-likeness (QED) is 0.854. The third kappa shape index (κ3) is 2.45. The Morgan fingerprint density at radius 2 is 2.11 bits per heavy atom. The molecule has 0 fully saturated rings. The van der Waals surface area contributed by atoms with E-state index in [2.05, 4.69) is 10.3 Å². The summed E-state index contributed by atoms with van der Waals surface area (Å²) in [7, 11) is 0. The van der Waals surface area contributed by atoms with E-state index in [1.807, 2.05) is 31.2 Å². The molecule has 0 radical (unpaired) electrons. The molecule has 1 aromatic carbocycles. The molecule has 0 bridgehead atoms. The average molecular weight is 244 g/mol. The van der Waals surface area contributed by atoms with Crippen LogP contribution in [0.25, 0.3) is 10.8 Å². The predicted molar refractivity (Wildman–Crippen MR) is 66.4 cm³/mol. The van der Waals surface area contributed by atoms with E-state index < -0.39 is 18.4 Å². The van der Waals surface area contributed by atoms with Crippen molar-refractivity contribution in [3.63, 3.8) is 0 Å². The van der Waals surface area contributed by atoms with E-state index in [0.29, 0.717) is 5.39 Å². The summed E-state index contributed by atoms with van der Waals surface area (Å²) < 4.78 is 0. The van der Waals surface area contributed by atoms with Gasteiger partial charge >= 0.3 is 5.97 Å². The summed E-state index contributed by atoms with van der Waals surface area (Å²) in [4.78, 5) is 26.2. The zero-order valence-corrected chi connectivity index (χ0v) is 9.80. The molecule has 0 aliphatic rings. The van der Waals surface area contributed by atoms with E-state index in [4.69, 9.17) is 5.11 Å². The van der Waals surface area contributed by atoms with Crippen LogP contribution in [0.5, 0.6) is 0 Å². The number of nitrogens with one attached hydrogen (secondary N) is 1. The van der Waals surface area contributed by atoms with Gasteiger partial charge in [0.2, 0.25) is 0 Å². The lowest BCUT2D eigenvalue weighted by atomic mass is 10.1. The lowest BCUT2D eigenvalue weighted by Gasteiger charge is -2.06. The molecule has 5 heteroatoms. The number of aliphatic carboxylic acids is 1. The SMILES string of the molecule is Cc1ccc2c(C(=O)NCC(=O)O)nccc2c1. The van der Waals surface area contributed by atoms with E-state index in [1.54, 1.807) is 0 Å². The second kappa shape index (κ2) is 4.83. The van der Waals surface area contributed by atoms with Crippen LogP contribution in [-0.4, -0.2) is 28.5 Å². The summed E-state index contributed by atoms with van der Waals surface area (Å²) in [5.41, 5.74) is 1.33. The Morgan fingerprint density at radius 3 is 2.83 bits per heavy atom. The number of hydrogen-bond acceptors (Lipinski definition) is 3. The fraction of sp³-hybridized carbons (Fsp3) is 0.154. The molecule has 1 heterocycles. The third-order valence-corrected chi connectivity index (χ3v) is 2.54. The van der Waals surface area contributed by atoms with Crippen LogP contribution >= 0.6 is 0 Å². The molecule has 0 atom stereocenters. The van der Waals surface area contributed by atoms with Crippen LogP contribution < -0.4 is 5.32 Å². The van der Waals surface area contributed by atoms with Crippen LogP contribution in [0.3, 0.4) is 0 Å². The van der Waals surface area contributed by atoms with Crippen LogP contribution in [0.2, 0.25) is 0 Å². The molecule has 1 amide bonds. The highest BCUT2D eigenvalue weighted by molar-refractivity contribution is 6.05. The number of pyridine rings is 1. The minimum Gasteiger partial charge on any atom is -0.480 e. The van der Waals surface area contributed by atoms with Gasteiger partial charge in [-0.2, -0.15) is 0 Å². The zero-order valence-electron chi connectivity index (χ0n) is 9.80. The summed E-state index contributed by atoms with van der Waals surface area (Å²) in [6.07, 6.45) is 1.54. The van der Waals surface area contributed by atoms with E-state index in [9.17, 15) is 9.59 Å². The Bertz CT molecular complexity index is 623. The number of aryl methyl sites for hydroxylation is 1. The number of hydrogen-bond donors (Lipinski definition) is 2. The van der Waals surface area contributed by atoms with Gasteiger partial charge in [-0.15, -0.1) is 0 Å². The van der Waals surface area contributed by atoms with Gasteiger partial charge in [-0.1, -0.05) is 23.8 Å². The van der Waals surface area contributed by atoms with E-state index in [0.717, 1.165) is 10.9 Å². The molecule has 0 spiro atoms. The van der Waals surface area contributed by atoms with Crippen molar-refractivity contribution >= 4 is 22.6 Å². The molecule has 1 aromatic heterocycles. The van der Waals surface area contributed by atoms with Gasteiger partial charge in [-0.05, 0) is 18.4 Å². The molecule has 0 unspecified atom stereocenters. The normalized spacial score (nSPS) is 10.3. The number of nitrogens with zero attached hydrogens (tertiary/aromatic N) is 1. The summed E-state index contributed by atoms with van der Waals surface area (Å²) in [5, 5.41) is 12.4. The van der Waals surface area contributed by atoms with Crippen molar-refractivity contribution in [3.8, 4) is 0 Å². The number of amides is 1. The summed E-state index contributed by atoms with van der Waals surface area (Å²) in [5.74, 6) is -1.56. The Morgan fingerprint density at radius 1 is 1.33 bits per heavy atom. The van der Waals surface area contributed by atoms with Crippen molar-refractivity contribution in [2.75, 3.05) is 6.54 Å². The standard InChI is InChI=1S/C13H12N2O3/c1-8-2-3-10-9(6-8)4-5-14-12(10)13(18)15-7-11(16)17/h2-6H,7H2,1H3,(H,15,18)(H,16,17). The highest BCUT2D eigenvalue weighted by atomic mass is 16.4. The van der Waals surface area contributed by atoms with Gasteiger partial charge in [-0.25, -0.2) is 0 Å². The molecule has 0 saturated heterocycles. The van der Waals surface area contributed by atoms with E-state index in [-0.39, 0.29) is 5.69 Å². The number of carboxylic acid groups (broad SMARTS) is 1. The smallest absolute Gasteiger partial charge is 0.322 e. The molecule has 0 aliphatic carbocycles. The maximum Gasteiger partial charge on any atom is 0.322 e. The maximum absolute atomic E-state index is 11.8. The van der Waals surface area contributed by atoms with Gasteiger partial charge in [-0.3, -0.25) is 14.6 Å². The van der Waals surface area contributed by atoms with Crippen LogP contribution in [0.15, 0.2) is 30.5 Å². The first-order valence-electron chi connectivity index (χ1n) is 5.43. The molecule has 2 aromatic rings. The third-order valence-electron chi connectivity index (χ3n) is 2.54. The fourth-order valence-corrected chi connectivity index (χ4v) is 1.72. The first kappa shape index (κ1) is 12.0. The number of rotatable bonds is 3. The number of fused-ring (bicyclic) bond motifs is 1. The van der Waals surface area contributed by atoms with Crippen LogP contribution in [0.4, 0.5) is 0 Å². The molecule has 2 rings (SSSR count). The van der Waals surface area contributed by atoms with Crippen molar-refractivity contribution in [2.24, 2.45) is 0 Å². The predicted octanol–water partition coefficient (Wildman–Crippen LogP) is 1.36. The molecular formula is C13H12N2O3. The van der Waals surface area contributed by atoms with Crippen molar-refractivity contribution in [1.82, 2.24) is 10.3 Å². The van der Waals surface area contributed by atoms with Crippen molar-refractivity contribution in [2.45, 2.75) is 6.92 Å². The first-order valence-corrected chi connectivity index (χ1v) is 5.43. The molecule has 0 saturated carbocycles. The highest BCUT2D eigenvalue weighted by Gasteiger charge is 2.12. The zero-order chi connectivity index (χ0) is 13.1. The summed E-state index contributed by atoms with van der Waals surface area (Å²) in [6.45, 7) is 1.55. The van der Waals surface area contributed by atoms with Crippen LogP contribution in [-0.2, 0) is 4.79 Å². The number of carboxylic acids is 1. The number of aromatic nitrogens is 1. The Kier molecular flexibility index (Phi) is 3.23. The van der Waals surface area contributed by atoms with Gasteiger partial charge < -0.3 is 10.4 Å². The van der Waals surface area contributed by atoms with Gasteiger partial charge in [0, 0.05) is 11.6 Å². The van der Waals surface area contributed by atoms with Crippen molar-refractivity contribution in [1.29, 1.82) is 0 Å². The molecule has 92 valence electrons. The summed E-state index contributed by atoms with van der Waals surface area (Å²) >= 11 is 0. The number of carbonyl (C=O) groups is 2. The first-order chi connectivity index (χ1) is 8.58. The number of carbonyl (C=O) groups excluding carboxylic acids is 1. The molecule has 2 N–H and O–H groups in total. The Hall–Kier alpha value is -2.43. The van der Waals surface area contributed by atoms with E-state index >= 15 is 0 Å². The Labute approximate surface area is 103 Å². The monoisotopic (exact) mass is 244 g/mol. The maximum atomic E-state index is 11.8. The molecule has 18 heavy (non-hydrogen) atoms. The van der Waals surface area contributed by atoms with Crippen LogP contribution in [0.1, 0.15) is 16.1 Å². The van der Waals surface area contributed by atoms with Gasteiger partial charge in [0.25, 0.3) is 5.91 Å². The van der Waals surface area contributed by atoms with Crippen LogP contribution in [0, 0.1) is 6.92 Å². The molecule has 5 nitrogen and oxygen atoms in total. The number of benzene rings is 1. The topological polar surface area (TPSA) is 79.3 Å². The Balaban J connectivity index is 2.38. The summed E-state index contributed by atoms with van der Waals surface area (Å²) in [6, 6.07) is 7.46. The second-order valence-electron chi connectivity index (χ2n) is 3.96. The van der Waals surface area contributed by atoms with Gasteiger partial charge in [0.1, 0.15) is 12.2 Å². The minimum atomic E-state index is -1.08. The molecule has 0 aliphatic heterocycles. The average Bonchev–Trinajstić information content (AvgIpc) is 2.34. The fourth-order valence-electron chi connectivity index (χ4n) is 1.72. The molecular weight excluding hydrogens is 232 g/mol. The van der Waals surface area contributed by atoms with Crippen molar-refractivity contribution in [3.05, 3.63) is 41.7 Å². The second-order valence-corrected chi connectivity index (χ2v) is 3.96. The van der Waals surface area contributed by atoms with Crippen molar-refractivity contribution < 1.29 is 14.7 Å². The largest absolute Gasteiger partial charge is 0.480 e. The lowest BCUT2D eigenvalue weighted by Crippen LogP contribution is -2.30. The minimum absolute atomic E-state index is 0.244. The highest BCUT2D eigenvalue weighted by Crippen LogP contribution is 2.18. The lowest BCUT2D eigenvalue weighted by molar-refractivity contribution is -0.135. The van der Waals surface area contributed by atoms with E-state index in [1.165, 1.54) is 6.20 Å². The van der Waals surface area contributed by atoms with Gasteiger partial charge in [0.15, 0.2) is 0 Å². The van der Waals surface area contributed by atoms with Gasteiger partial charge in [0.05, 0.1) is 0 Å².